The van der Waals surface area contributed by atoms with Gasteiger partial charge in [-0.25, -0.2) is 4.39 Å². The highest BCUT2D eigenvalue weighted by Crippen LogP contribution is 2.36. The van der Waals surface area contributed by atoms with Crippen LogP contribution in [0.25, 0.3) is 0 Å². The lowest BCUT2D eigenvalue weighted by atomic mass is 10.0. The molecule has 0 spiro atoms. The van der Waals surface area contributed by atoms with E-state index in [9.17, 15) is 19.6 Å². The summed E-state index contributed by atoms with van der Waals surface area (Å²) < 4.78 is 13.6. The van der Waals surface area contributed by atoms with Crippen molar-refractivity contribution in [1.82, 2.24) is 0 Å². The third-order valence-corrected chi connectivity index (χ3v) is 4.07. The van der Waals surface area contributed by atoms with E-state index in [0.717, 1.165) is 12.5 Å². The van der Waals surface area contributed by atoms with Crippen LogP contribution >= 0.6 is 15.9 Å². The maximum atomic E-state index is 13.4. The highest BCUT2D eigenvalue weighted by Gasteiger charge is 2.30. The van der Waals surface area contributed by atoms with Gasteiger partial charge in [0.05, 0.1) is 21.6 Å². The zero-order chi connectivity index (χ0) is 14.2. The van der Waals surface area contributed by atoms with Gasteiger partial charge in [-0.15, -0.1) is 0 Å². The number of nitrogens with zero attached hydrogens (tertiary/aromatic N) is 2. The first-order valence-electron chi connectivity index (χ1n) is 5.96. The lowest BCUT2D eigenvalue weighted by molar-refractivity contribution is -0.384. The first kappa shape index (κ1) is 14.2. The number of benzene rings is 1. The molecule has 1 aromatic carbocycles. The monoisotopic (exact) mass is 332 g/mol. The van der Waals surface area contributed by atoms with Gasteiger partial charge in [0, 0.05) is 19.0 Å². The van der Waals surface area contributed by atoms with Crippen molar-refractivity contribution in [3.63, 3.8) is 0 Å². The van der Waals surface area contributed by atoms with Crippen molar-refractivity contribution in [3.05, 3.63) is 32.5 Å². The minimum atomic E-state index is -0.651. The van der Waals surface area contributed by atoms with Gasteiger partial charge in [0.25, 0.3) is 5.69 Å². The van der Waals surface area contributed by atoms with Crippen molar-refractivity contribution in [2.24, 2.45) is 5.92 Å². The average molecular weight is 333 g/mol. The predicted molar refractivity (Wildman–Crippen MR) is 72.8 cm³/mol. The number of hydrogen-bond donors (Lipinski definition) is 1. The predicted octanol–water partition coefficient (Wildman–Crippen LogP) is 2.70. The standard InChI is InChI=1S/C12H14BrFN2O3/c1-7(17)8-2-3-15(6-8)11-4-9(13)10(14)5-12(11)16(18)19/h4-5,7-8,17H,2-3,6H2,1H3. The topological polar surface area (TPSA) is 66.6 Å². The SMILES string of the molecule is CC(O)C1CCN(c2cc(Br)c(F)cc2[N+](=O)[O-])C1. The van der Waals surface area contributed by atoms with Crippen LogP contribution in [0.3, 0.4) is 0 Å². The summed E-state index contributed by atoms with van der Waals surface area (Å²) in [4.78, 5) is 12.2. The molecule has 1 aliphatic rings. The molecule has 0 radical (unpaired) electrons. The number of anilines is 1. The normalized spacial score (nSPS) is 20.6. The molecule has 0 aliphatic carbocycles. The Balaban J connectivity index is 2.34. The lowest BCUT2D eigenvalue weighted by Crippen LogP contribution is -2.24. The molecule has 1 aromatic rings. The second-order valence-corrected chi connectivity index (χ2v) is 5.60. The lowest BCUT2D eigenvalue weighted by Gasteiger charge is -2.20. The molecule has 19 heavy (non-hydrogen) atoms. The molecular weight excluding hydrogens is 319 g/mol. The number of aliphatic hydroxyl groups excluding tert-OH is 1. The second kappa shape index (κ2) is 5.42. The van der Waals surface area contributed by atoms with Crippen molar-refractivity contribution >= 4 is 27.3 Å². The molecule has 1 fully saturated rings. The third-order valence-electron chi connectivity index (χ3n) is 3.46. The summed E-state index contributed by atoms with van der Waals surface area (Å²) in [7, 11) is 0. The molecular formula is C12H14BrFN2O3. The van der Waals surface area contributed by atoms with Crippen LogP contribution in [0.5, 0.6) is 0 Å². The first-order chi connectivity index (χ1) is 8.90. The quantitative estimate of drug-likeness (QED) is 0.682. The number of nitro groups is 1. The van der Waals surface area contributed by atoms with Gasteiger partial charge in [-0.3, -0.25) is 10.1 Å². The largest absolute Gasteiger partial charge is 0.393 e. The molecule has 5 nitrogen and oxygen atoms in total. The van der Waals surface area contributed by atoms with Crippen LogP contribution in [0.1, 0.15) is 13.3 Å². The molecule has 1 aliphatic heterocycles. The maximum Gasteiger partial charge on any atom is 0.295 e. The summed E-state index contributed by atoms with van der Waals surface area (Å²) in [5, 5.41) is 20.6. The second-order valence-electron chi connectivity index (χ2n) is 4.75. The third kappa shape index (κ3) is 2.87. The first-order valence-corrected chi connectivity index (χ1v) is 6.76. The molecule has 0 bridgehead atoms. The summed E-state index contributed by atoms with van der Waals surface area (Å²) >= 11 is 3.05. The molecule has 2 unspecified atom stereocenters. The fourth-order valence-corrected chi connectivity index (χ4v) is 2.66. The Morgan fingerprint density at radius 3 is 2.84 bits per heavy atom. The Labute approximate surface area is 118 Å². The van der Waals surface area contributed by atoms with Crippen molar-refractivity contribution in [2.45, 2.75) is 19.4 Å². The number of halogens is 2. The Morgan fingerprint density at radius 2 is 2.32 bits per heavy atom. The van der Waals surface area contributed by atoms with E-state index in [1.54, 1.807) is 6.92 Å². The fourth-order valence-electron chi connectivity index (χ4n) is 2.33. The maximum absolute atomic E-state index is 13.4. The molecule has 7 heteroatoms. The van der Waals surface area contributed by atoms with E-state index in [0.29, 0.717) is 18.8 Å². The van der Waals surface area contributed by atoms with E-state index in [-0.39, 0.29) is 16.1 Å². The molecule has 0 saturated carbocycles. The van der Waals surface area contributed by atoms with Gasteiger partial charge in [0.1, 0.15) is 11.5 Å². The number of rotatable bonds is 3. The molecule has 1 N–H and O–H groups in total. The summed E-state index contributed by atoms with van der Waals surface area (Å²) in [6, 6.07) is 2.35. The van der Waals surface area contributed by atoms with Crippen molar-refractivity contribution in [1.29, 1.82) is 0 Å². The minimum Gasteiger partial charge on any atom is -0.393 e. The minimum absolute atomic E-state index is 0.0865. The van der Waals surface area contributed by atoms with Gasteiger partial charge in [0.15, 0.2) is 0 Å². The zero-order valence-corrected chi connectivity index (χ0v) is 11.9. The van der Waals surface area contributed by atoms with Gasteiger partial charge in [0.2, 0.25) is 0 Å². The van der Waals surface area contributed by atoms with Crippen LogP contribution in [0, 0.1) is 21.8 Å². The molecule has 104 valence electrons. The highest BCUT2D eigenvalue weighted by atomic mass is 79.9. The van der Waals surface area contributed by atoms with E-state index in [2.05, 4.69) is 15.9 Å². The van der Waals surface area contributed by atoms with Gasteiger partial charge in [-0.1, -0.05) is 0 Å². The van der Waals surface area contributed by atoms with Gasteiger partial charge in [-0.2, -0.15) is 0 Å². The van der Waals surface area contributed by atoms with E-state index < -0.39 is 16.8 Å². The molecule has 1 heterocycles. The van der Waals surface area contributed by atoms with Gasteiger partial charge >= 0.3 is 0 Å². The van der Waals surface area contributed by atoms with E-state index in [1.807, 2.05) is 4.90 Å². The number of nitro benzene ring substituents is 1. The van der Waals surface area contributed by atoms with Crippen LogP contribution in [0.4, 0.5) is 15.8 Å². The summed E-state index contributed by atoms with van der Waals surface area (Å²) in [6.45, 7) is 2.87. The van der Waals surface area contributed by atoms with Crippen LogP contribution in [-0.4, -0.2) is 29.2 Å². The summed E-state index contributed by atoms with van der Waals surface area (Å²) in [5.41, 5.74) is 0.147. The molecule has 0 amide bonds. The van der Waals surface area contributed by atoms with E-state index >= 15 is 0 Å². The molecule has 0 aromatic heterocycles. The van der Waals surface area contributed by atoms with Crippen molar-refractivity contribution in [2.75, 3.05) is 18.0 Å². The van der Waals surface area contributed by atoms with Crippen LogP contribution in [0.2, 0.25) is 0 Å². The van der Waals surface area contributed by atoms with Gasteiger partial charge in [-0.05, 0) is 35.3 Å². The van der Waals surface area contributed by atoms with Gasteiger partial charge < -0.3 is 10.0 Å². The molecule has 2 atom stereocenters. The Hall–Kier alpha value is -1.21. The van der Waals surface area contributed by atoms with Crippen LogP contribution in [-0.2, 0) is 0 Å². The zero-order valence-electron chi connectivity index (χ0n) is 10.3. The Morgan fingerprint density at radius 1 is 1.63 bits per heavy atom. The van der Waals surface area contributed by atoms with Crippen LogP contribution in [0.15, 0.2) is 16.6 Å². The average Bonchev–Trinajstić information content (AvgIpc) is 2.81. The van der Waals surface area contributed by atoms with E-state index in [4.69, 9.17) is 0 Å². The summed E-state index contributed by atoms with van der Waals surface area (Å²) in [6.07, 6.45) is 0.317. The Kier molecular flexibility index (Phi) is 4.05. The highest BCUT2D eigenvalue weighted by molar-refractivity contribution is 9.10. The molecule has 1 saturated heterocycles. The number of aliphatic hydroxyl groups is 1. The van der Waals surface area contributed by atoms with E-state index in [1.165, 1.54) is 6.07 Å². The van der Waals surface area contributed by atoms with Crippen LogP contribution < -0.4 is 4.90 Å². The fraction of sp³-hybridized carbons (Fsp3) is 0.500. The number of hydrogen-bond acceptors (Lipinski definition) is 4. The summed E-state index contributed by atoms with van der Waals surface area (Å²) in [5.74, 6) is -0.565. The molecule has 2 rings (SSSR count). The smallest absolute Gasteiger partial charge is 0.295 e. The Bertz CT molecular complexity index is 510. The van der Waals surface area contributed by atoms with Crippen molar-refractivity contribution in [3.8, 4) is 0 Å². The van der Waals surface area contributed by atoms with Crippen molar-refractivity contribution < 1.29 is 14.4 Å².